The third kappa shape index (κ3) is 4.18. The minimum atomic E-state index is -0.0329. The zero-order chi connectivity index (χ0) is 19.3. The first kappa shape index (κ1) is 18.5. The van der Waals surface area contributed by atoms with Gasteiger partial charge in [0, 0.05) is 51.0 Å². The van der Waals surface area contributed by atoms with Crippen LogP contribution in [0.4, 0.5) is 22.0 Å². The molecule has 0 bridgehead atoms. The molecule has 2 aliphatic heterocycles. The fourth-order valence-corrected chi connectivity index (χ4v) is 3.81. The number of carbonyl (C=O) groups excluding carboxylic acids is 1. The minimum Gasteiger partial charge on any atom is -0.367 e. The number of nitrogens with one attached hydrogen (secondary N) is 1. The molecular weight excluding hydrogens is 352 g/mol. The molecule has 0 radical (unpaired) electrons. The molecule has 1 aromatic heterocycles. The monoisotopic (exact) mass is 380 g/mol. The van der Waals surface area contributed by atoms with Crippen molar-refractivity contribution in [3.05, 3.63) is 42.1 Å². The largest absolute Gasteiger partial charge is 0.367 e. The number of anilines is 3. The fourth-order valence-electron chi connectivity index (χ4n) is 3.81. The van der Waals surface area contributed by atoms with Gasteiger partial charge in [0.25, 0.3) is 0 Å². The Labute approximate surface area is 166 Å². The van der Waals surface area contributed by atoms with Gasteiger partial charge in [0.2, 0.25) is 0 Å². The summed E-state index contributed by atoms with van der Waals surface area (Å²) < 4.78 is 0. The molecule has 0 atom stereocenters. The van der Waals surface area contributed by atoms with Gasteiger partial charge in [-0.05, 0) is 37.0 Å². The number of urea groups is 1. The fraction of sp³-hybridized carbons (Fsp3) is 0.476. The number of benzene rings is 1. The number of hydrogen-bond acceptors (Lipinski definition) is 5. The van der Waals surface area contributed by atoms with Gasteiger partial charge in [-0.25, -0.2) is 4.79 Å². The molecule has 148 valence electrons. The number of rotatable bonds is 4. The van der Waals surface area contributed by atoms with Crippen molar-refractivity contribution in [3.63, 3.8) is 0 Å². The van der Waals surface area contributed by atoms with Crippen LogP contribution in [0.1, 0.15) is 25.3 Å². The quantitative estimate of drug-likeness (QED) is 0.883. The highest BCUT2D eigenvalue weighted by atomic mass is 16.2. The van der Waals surface area contributed by atoms with Gasteiger partial charge in [0.1, 0.15) is 0 Å². The maximum Gasteiger partial charge on any atom is 0.321 e. The van der Waals surface area contributed by atoms with Crippen LogP contribution in [-0.2, 0) is 6.42 Å². The summed E-state index contributed by atoms with van der Waals surface area (Å²) in [6.07, 6.45) is 5.27. The van der Waals surface area contributed by atoms with Gasteiger partial charge in [-0.2, -0.15) is 5.10 Å². The van der Waals surface area contributed by atoms with Crippen molar-refractivity contribution in [1.29, 1.82) is 0 Å². The molecule has 28 heavy (non-hydrogen) atoms. The Hall–Kier alpha value is -2.83. The summed E-state index contributed by atoms with van der Waals surface area (Å²) in [5, 5.41) is 11.5. The Kier molecular flexibility index (Phi) is 5.60. The summed E-state index contributed by atoms with van der Waals surface area (Å²) in [7, 11) is 0. The molecule has 2 saturated heterocycles. The lowest BCUT2D eigenvalue weighted by Gasteiger charge is -2.36. The number of nitrogens with zero attached hydrogens (tertiary/aromatic N) is 5. The van der Waals surface area contributed by atoms with Crippen molar-refractivity contribution in [3.8, 4) is 0 Å². The van der Waals surface area contributed by atoms with Crippen molar-refractivity contribution in [1.82, 2.24) is 15.1 Å². The minimum absolute atomic E-state index is 0.0329. The molecule has 0 unspecified atom stereocenters. The Bertz CT molecular complexity index is 795. The molecule has 1 aromatic carbocycles. The molecule has 4 rings (SSSR count). The molecule has 0 saturated carbocycles. The molecule has 7 nitrogen and oxygen atoms in total. The van der Waals surface area contributed by atoms with Crippen LogP contribution in [0, 0.1) is 0 Å². The van der Waals surface area contributed by atoms with Crippen LogP contribution >= 0.6 is 0 Å². The number of amides is 2. The maximum atomic E-state index is 12.6. The zero-order valence-corrected chi connectivity index (χ0v) is 16.5. The highest BCUT2D eigenvalue weighted by molar-refractivity contribution is 5.89. The molecule has 2 amide bonds. The van der Waals surface area contributed by atoms with Gasteiger partial charge in [0.15, 0.2) is 5.82 Å². The summed E-state index contributed by atoms with van der Waals surface area (Å²) >= 11 is 0. The van der Waals surface area contributed by atoms with Crippen LogP contribution < -0.4 is 15.1 Å². The molecule has 2 aliphatic rings. The van der Waals surface area contributed by atoms with E-state index < -0.39 is 0 Å². The van der Waals surface area contributed by atoms with Crippen LogP contribution in [0.5, 0.6) is 0 Å². The van der Waals surface area contributed by atoms with Crippen LogP contribution in [0.25, 0.3) is 0 Å². The number of carbonyl (C=O) groups is 1. The Morgan fingerprint density at radius 2 is 1.71 bits per heavy atom. The van der Waals surface area contributed by atoms with E-state index in [1.54, 1.807) is 0 Å². The molecule has 3 heterocycles. The van der Waals surface area contributed by atoms with E-state index >= 15 is 0 Å². The smallest absolute Gasteiger partial charge is 0.321 e. The third-order valence-electron chi connectivity index (χ3n) is 5.60. The summed E-state index contributed by atoms with van der Waals surface area (Å²) in [6, 6.07) is 10.1. The van der Waals surface area contributed by atoms with Gasteiger partial charge in [0.05, 0.1) is 11.9 Å². The van der Waals surface area contributed by atoms with Gasteiger partial charge in [-0.1, -0.05) is 19.1 Å². The van der Waals surface area contributed by atoms with E-state index in [2.05, 4.69) is 50.4 Å². The Morgan fingerprint density at radius 3 is 2.39 bits per heavy atom. The average Bonchev–Trinajstić information content (AvgIpc) is 3.29. The topological polar surface area (TPSA) is 64.6 Å². The van der Waals surface area contributed by atoms with Gasteiger partial charge < -0.3 is 20.0 Å². The SMILES string of the molecule is CCc1ccc(NC(=O)N2CCN(c3cnnc(N4CCCC4)c3)CC2)cc1. The number of aromatic nitrogens is 2. The second-order valence-corrected chi connectivity index (χ2v) is 7.42. The molecule has 0 spiro atoms. The van der Waals surface area contributed by atoms with E-state index in [-0.39, 0.29) is 6.03 Å². The van der Waals surface area contributed by atoms with E-state index in [9.17, 15) is 4.79 Å². The molecule has 0 aliphatic carbocycles. The van der Waals surface area contributed by atoms with Crippen molar-refractivity contribution in [2.75, 3.05) is 54.4 Å². The lowest BCUT2D eigenvalue weighted by atomic mass is 10.1. The zero-order valence-electron chi connectivity index (χ0n) is 16.5. The predicted molar refractivity (Wildman–Crippen MR) is 112 cm³/mol. The summed E-state index contributed by atoms with van der Waals surface area (Å²) in [4.78, 5) is 19.0. The highest BCUT2D eigenvalue weighted by Crippen LogP contribution is 2.23. The molecule has 1 N–H and O–H groups in total. The van der Waals surface area contributed by atoms with Crippen molar-refractivity contribution in [2.45, 2.75) is 26.2 Å². The lowest BCUT2D eigenvalue weighted by molar-refractivity contribution is 0.208. The number of hydrogen-bond donors (Lipinski definition) is 1. The first-order valence-electron chi connectivity index (χ1n) is 10.2. The van der Waals surface area contributed by atoms with Gasteiger partial charge >= 0.3 is 6.03 Å². The van der Waals surface area contributed by atoms with E-state index in [1.165, 1.54) is 18.4 Å². The second-order valence-electron chi connectivity index (χ2n) is 7.42. The first-order chi connectivity index (χ1) is 13.7. The highest BCUT2D eigenvalue weighted by Gasteiger charge is 2.23. The Morgan fingerprint density at radius 1 is 1.00 bits per heavy atom. The number of piperazine rings is 1. The predicted octanol–water partition coefficient (Wildman–Crippen LogP) is 2.99. The number of aryl methyl sites for hydroxylation is 1. The van der Waals surface area contributed by atoms with E-state index in [4.69, 9.17) is 0 Å². The standard InChI is InChI=1S/C21H28N6O/c1-2-17-5-7-18(8-6-17)23-21(28)27-13-11-25(12-14-27)19-15-20(24-22-16-19)26-9-3-4-10-26/h5-8,15-16H,2-4,9-14H2,1H3,(H,23,28). The lowest BCUT2D eigenvalue weighted by Crippen LogP contribution is -2.50. The van der Waals surface area contributed by atoms with E-state index in [1.807, 2.05) is 23.2 Å². The van der Waals surface area contributed by atoms with Crippen LogP contribution in [0.2, 0.25) is 0 Å². The summed E-state index contributed by atoms with van der Waals surface area (Å²) in [5.74, 6) is 0.964. The molecule has 2 aromatic rings. The van der Waals surface area contributed by atoms with E-state index in [0.717, 1.165) is 49.8 Å². The third-order valence-corrected chi connectivity index (χ3v) is 5.60. The van der Waals surface area contributed by atoms with Crippen molar-refractivity contribution in [2.24, 2.45) is 0 Å². The maximum absolute atomic E-state index is 12.6. The van der Waals surface area contributed by atoms with Crippen molar-refractivity contribution < 1.29 is 4.79 Å². The molecular formula is C21H28N6O. The van der Waals surface area contributed by atoms with Crippen molar-refractivity contribution >= 4 is 23.2 Å². The normalized spacial score (nSPS) is 17.1. The van der Waals surface area contributed by atoms with Gasteiger partial charge in [-0.15, -0.1) is 5.10 Å². The average molecular weight is 380 g/mol. The first-order valence-corrected chi connectivity index (χ1v) is 10.2. The van der Waals surface area contributed by atoms with Crippen LogP contribution in [0.3, 0.4) is 0 Å². The van der Waals surface area contributed by atoms with Gasteiger partial charge in [-0.3, -0.25) is 0 Å². The molecule has 7 heteroatoms. The summed E-state index contributed by atoms with van der Waals surface area (Å²) in [5.41, 5.74) is 3.20. The summed E-state index contributed by atoms with van der Waals surface area (Å²) in [6.45, 7) is 7.23. The van der Waals surface area contributed by atoms with Crippen LogP contribution in [-0.4, -0.2) is 60.4 Å². The molecule has 2 fully saturated rings. The second kappa shape index (κ2) is 8.46. The van der Waals surface area contributed by atoms with Crippen LogP contribution in [0.15, 0.2) is 36.5 Å². The van der Waals surface area contributed by atoms with E-state index in [0.29, 0.717) is 13.1 Å². The Balaban J connectivity index is 1.32.